The summed E-state index contributed by atoms with van der Waals surface area (Å²) < 4.78 is 11.2. The lowest BCUT2D eigenvalue weighted by molar-refractivity contribution is 0.170. The predicted octanol–water partition coefficient (Wildman–Crippen LogP) is 3.92. The zero-order valence-electron chi connectivity index (χ0n) is 17.3. The number of carbonyl (C=O) groups excluding carboxylic acids is 1. The van der Waals surface area contributed by atoms with Crippen molar-refractivity contribution in [1.82, 2.24) is 15.1 Å². The van der Waals surface area contributed by atoms with Crippen molar-refractivity contribution < 1.29 is 14.3 Å². The maximum absolute atomic E-state index is 12.6. The van der Waals surface area contributed by atoms with Crippen LogP contribution in [0.3, 0.4) is 0 Å². The second kappa shape index (κ2) is 9.58. The highest BCUT2D eigenvalue weighted by Gasteiger charge is 2.22. The first-order valence-electron chi connectivity index (χ1n) is 10.4. The van der Waals surface area contributed by atoms with Gasteiger partial charge in [-0.25, -0.2) is 4.79 Å². The van der Waals surface area contributed by atoms with E-state index in [0.717, 1.165) is 54.6 Å². The largest absolute Gasteiger partial charge is 0.486 e. The third-order valence-electron chi connectivity index (χ3n) is 5.61. The first kappa shape index (κ1) is 20.8. The van der Waals surface area contributed by atoms with E-state index in [9.17, 15) is 4.79 Å². The SMILES string of the molecule is CN(Cc1ccc2c(c1)OCCO2)C(=O)NC1CCN(Cc2ccc(Cl)cc2)CC1. The fourth-order valence-corrected chi connectivity index (χ4v) is 4.03. The minimum Gasteiger partial charge on any atom is -0.486 e. The van der Waals surface area contributed by atoms with E-state index in [4.69, 9.17) is 21.1 Å². The Kier molecular flexibility index (Phi) is 6.65. The first-order valence-corrected chi connectivity index (χ1v) is 10.8. The van der Waals surface area contributed by atoms with Gasteiger partial charge < -0.3 is 19.7 Å². The van der Waals surface area contributed by atoms with Crippen LogP contribution < -0.4 is 14.8 Å². The summed E-state index contributed by atoms with van der Waals surface area (Å²) >= 11 is 5.96. The van der Waals surface area contributed by atoms with Crippen LogP contribution in [0.2, 0.25) is 5.02 Å². The molecule has 2 heterocycles. The van der Waals surface area contributed by atoms with Crippen molar-refractivity contribution in [3.05, 3.63) is 58.6 Å². The van der Waals surface area contributed by atoms with Crippen molar-refractivity contribution in [2.45, 2.75) is 32.0 Å². The summed E-state index contributed by atoms with van der Waals surface area (Å²) in [5.41, 5.74) is 2.29. The number of fused-ring (bicyclic) bond motifs is 1. The van der Waals surface area contributed by atoms with E-state index in [1.807, 2.05) is 37.4 Å². The number of rotatable bonds is 5. The Balaban J connectivity index is 1.23. The monoisotopic (exact) mass is 429 g/mol. The summed E-state index contributed by atoms with van der Waals surface area (Å²) in [6, 6.07) is 14.0. The third kappa shape index (κ3) is 5.37. The Labute approximate surface area is 182 Å². The molecule has 30 heavy (non-hydrogen) atoms. The molecule has 6 nitrogen and oxygen atoms in total. The smallest absolute Gasteiger partial charge is 0.317 e. The molecule has 7 heteroatoms. The number of hydrogen-bond acceptors (Lipinski definition) is 4. The molecule has 0 bridgehead atoms. The molecular weight excluding hydrogens is 402 g/mol. The number of piperidine rings is 1. The number of benzene rings is 2. The molecule has 4 rings (SSSR count). The van der Waals surface area contributed by atoms with Crippen LogP contribution in [0.25, 0.3) is 0 Å². The lowest BCUT2D eigenvalue weighted by Gasteiger charge is -2.33. The number of halogens is 1. The molecule has 0 unspecified atom stereocenters. The molecular formula is C23H28ClN3O3. The van der Waals surface area contributed by atoms with Gasteiger partial charge in [0.05, 0.1) is 0 Å². The Morgan fingerprint density at radius 1 is 1.07 bits per heavy atom. The number of likely N-dealkylation sites (tertiary alicyclic amines) is 1. The first-order chi connectivity index (χ1) is 14.6. The van der Waals surface area contributed by atoms with Crippen LogP contribution in [0.15, 0.2) is 42.5 Å². The molecule has 2 aromatic carbocycles. The van der Waals surface area contributed by atoms with Crippen LogP contribution in [0.1, 0.15) is 24.0 Å². The molecule has 1 saturated heterocycles. The summed E-state index contributed by atoms with van der Waals surface area (Å²) in [5, 5.41) is 3.94. The molecule has 2 aliphatic rings. The summed E-state index contributed by atoms with van der Waals surface area (Å²) in [6.45, 7) is 4.52. The Hall–Kier alpha value is -2.44. The van der Waals surface area contributed by atoms with Crippen molar-refractivity contribution in [3.8, 4) is 11.5 Å². The second-order valence-electron chi connectivity index (χ2n) is 7.96. The van der Waals surface area contributed by atoms with Crippen molar-refractivity contribution in [2.75, 3.05) is 33.4 Å². The molecule has 0 spiro atoms. The molecule has 0 atom stereocenters. The number of urea groups is 1. The van der Waals surface area contributed by atoms with Gasteiger partial charge in [-0.1, -0.05) is 29.8 Å². The normalized spacial score (nSPS) is 16.9. The van der Waals surface area contributed by atoms with Crippen molar-refractivity contribution >= 4 is 17.6 Å². The summed E-state index contributed by atoms with van der Waals surface area (Å²) in [4.78, 5) is 16.8. The van der Waals surface area contributed by atoms with Crippen molar-refractivity contribution in [3.63, 3.8) is 0 Å². The van der Waals surface area contributed by atoms with Gasteiger partial charge in [-0.2, -0.15) is 0 Å². The Bertz CT molecular complexity index is 866. The van der Waals surface area contributed by atoms with Gasteiger partial charge in [-0.05, 0) is 48.2 Å². The van der Waals surface area contributed by atoms with E-state index in [-0.39, 0.29) is 12.1 Å². The lowest BCUT2D eigenvalue weighted by Crippen LogP contribution is -2.48. The minimum atomic E-state index is -0.0407. The molecule has 1 N–H and O–H groups in total. The molecule has 0 saturated carbocycles. The van der Waals surface area contributed by atoms with Crippen LogP contribution in [0, 0.1) is 0 Å². The van der Waals surface area contributed by atoms with Gasteiger partial charge in [0.1, 0.15) is 13.2 Å². The summed E-state index contributed by atoms with van der Waals surface area (Å²) in [5.74, 6) is 1.52. The number of ether oxygens (including phenoxy) is 2. The number of amides is 2. The van der Waals surface area contributed by atoms with Gasteiger partial charge in [-0.15, -0.1) is 0 Å². The van der Waals surface area contributed by atoms with E-state index < -0.39 is 0 Å². The van der Waals surface area contributed by atoms with Gasteiger partial charge in [-0.3, -0.25) is 4.90 Å². The number of nitrogens with one attached hydrogen (secondary N) is 1. The van der Waals surface area contributed by atoms with E-state index in [1.54, 1.807) is 4.90 Å². The Morgan fingerprint density at radius 3 is 2.47 bits per heavy atom. The van der Waals surface area contributed by atoms with Crippen molar-refractivity contribution in [2.24, 2.45) is 0 Å². The van der Waals surface area contributed by atoms with E-state index in [2.05, 4.69) is 22.3 Å². The van der Waals surface area contributed by atoms with Gasteiger partial charge >= 0.3 is 6.03 Å². The summed E-state index contributed by atoms with van der Waals surface area (Å²) in [6.07, 6.45) is 1.91. The van der Waals surface area contributed by atoms with Crippen LogP contribution in [-0.4, -0.2) is 55.2 Å². The highest BCUT2D eigenvalue weighted by Crippen LogP contribution is 2.31. The predicted molar refractivity (Wildman–Crippen MR) is 117 cm³/mol. The zero-order valence-corrected chi connectivity index (χ0v) is 18.0. The number of hydrogen-bond donors (Lipinski definition) is 1. The zero-order chi connectivity index (χ0) is 20.9. The standard InChI is InChI=1S/C23H28ClN3O3/c1-26(15-18-4-7-21-22(14-18)30-13-12-29-21)23(28)25-20-8-10-27(11-9-20)16-17-2-5-19(24)6-3-17/h2-7,14,20H,8-13,15-16H2,1H3,(H,25,28). The molecule has 0 radical (unpaired) electrons. The van der Waals surface area contributed by atoms with Crippen LogP contribution in [0.5, 0.6) is 11.5 Å². The number of carbonyl (C=O) groups is 1. The molecule has 1 fully saturated rings. The van der Waals surface area contributed by atoms with Gasteiger partial charge in [0.25, 0.3) is 0 Å². The lowest BCUT2D eigenvalue weighted by atomic mass is 10.0. The fourth-order valence-electron chi connectivity index (χ4n) is 3.90. The summed E-state index contributed by atoms with van der Waals surface area (Å²) in [7, 11) is 1.82. The molecule has 2 aliphatic heterocycles. The highest BCUT2D eigenvalue weighted by molar-refractivity contribution is 6.30. The topological polar surface area (TPSA) is 54.0 Å². The maximum atomic E-state index is 12.6. The maximum Gasteiger partial charge on any atom is 0.317 e. The van der Waals surface area contributed by atoms with Gasteiger partial charge in [0.15, 0.2) is 11.5 Å². The quantitative estimate of drug-likeness (QED) is 0.782. The van der Waals surface area contributed by atoms with Crippen molar-refractivity contribution in [1.29, 1.82) is 0 Å². The third-order valence-corrected chi connectivity index (χ3v) is 5.86. The average Bonchev–Trinajstić information content (AvgIpc) is 2.76. The van der Waals surface area contributed by atoms with Crippen LogP contribution in [-0.2, 0) is 13.1 Å². The molecule has 0 aliphatic carbocycles. The molecule has 160 valence electrons. The van der Waals surface area contributed by atoms with E-state index in [0.29, 0.717) is 19.8 Å². The number of nitrogens with zero attached hydrogens (tertiary/aromatic N) is 2. The minimum absolute atomic E-state index is 0.0407. The Morgan fingerprint density at radius 2 is 1.73 bits per heavy atom. The van der Waals surface area contributed by atoms with Crippen LogP contribution >= 0.6 is 11.6 Å². The van der Waals surface area contributed by atoms with E-state index in [1.165, 1.54) is 5.56 Å². The molecule has 2 amide bonds. The highest BCUT2D eigenvalue weighted by atomic mass is 35.5. The van der Waals surface area contributed by atoms with Gasteiger partial charge in [0, 0.05) is 44.3 Å². The van der Waals surface area contributed by atoms with Crippen LogP contribution in [0.4, 0.5) is 4.79 Å². The second-order valence-corrected chi connectivity index (χ2v) is 8.40. The molecule has 0 aromatic heterocycles. The van der Waals surface area contributed by atoms with E-state index >= 15 is 0 Å². The fraction of sp³-hybridized carbons (Fsp3) is 0.435. The average molecular weight is 430 g/mol. The molecule has 2 aromatic rings. The van der Waals surface area contributed by atoms with Gasteiger partial charge in [0.2, 0.25) is 0 Å².